The van der Waals surface area contributed by atoms with E-state index in [0.29, 0.717) is 18.0 Å². The molecule has 0 atom stereocenters. The Balaban J connectivity index is 1.77. The quantitative estimate of drug-likeness (QED) is 0.579. The largest absolute Gasteiger partial charge is 0.497 e. The third-order valence-corrected chi connectivity index (χ3v) is 4.86. The third kappa shape index (κ3) is 4.80. The summed E-state index contributed by atoms with van der Waals surface area (Å²) in [4.78, 5) is 15.7. The molecule has 2 aromatic carbocycles. The van der Waals surface area contributed by atoms with E-state index in [2.05, 4.69) is 0 Å². The van der Waals surface area contributed by atoms with Crippen molar-refractivity contribution in [3.05, 3.63) is 70.9 Å². The SMILES string of the molecule is COc1ccc(N(Cc2cccs2)C(=O)COc2ccccc2OC)cc1. The van der Waals surface area contributed by atoms with Gasteiger partial charge in [-0.2, -0.15) is 0 Å². The summed E-state index contributed by atoms with van der Waals surface area (Å²) >= 11 is 1.61. The average molecular weight is 383 g/mol. The first-order chi connectivity index (χ1) is 13.2. The summed E-state index contributed by atoms with van der Waals surface area (Å²) in [5.41, 5.74) is 0.790. The second-order valence-electron chi connectivity index (χ2n) is 5.70. The molecule has 0 saturated carbocycles. The Labute approximate surface area is 162 Å². The molecule has 1 aromatic heterocycles. The van der Waals surface area contributed by atoms with Gasteiger partial charge in [-0.25, -0.2) is 0 Å². The Morgan fingerprint density at radius 2 is 1.67 bits per heavy atom. The summed E-state index contributed by atoms with van der Waals surface area (Å²) in [6, 6.07) is 18.7. The van der Waals surface area contributed by atoms with Crippen molar-refractivity contribution in [2.45, 2.75) is 6.54 Å². The van der Waals surface area contributed by atoms with Crippen molar-refractivity contribution in [3.63, 3.8) is 0 Å². The number of thiophene rings is 1. The van der Waals surface area contributed by atoms with Gasteiger partial charge >= 0.3 is 0 Å². The van der Waals surface area contributed by atoms with Crippen LogP contribution >= 0.6 is 11.3 Å². The zero-order valence-corrected chi connectivity index (χ0v) is 16.1. The van der Waals surface area contributed by atoms with Crippen molar-refractivity contribution in [1.29, 1.82) is 0 Å². The van der Waals surface area contributed by atoms with Crippen LogP contribution in [0.5, 0.6) is 17.2 Å². The number of amides is 1. The molecule has 0 N–H and O–H groups in total. The first-order valence-electron chi connectivity index (χ1n) is 8.44. The van der Waals surface area contributed by atoms with E-state index in [1.807, 2.05) is 53.9 Å². The fourth-order valence-corrected chi connectivity index (χ4v) is 3.29. The highest BCUT2D eigenvalue weighted by Crippen LogP contribution is 2.27. The molecule has 0 bridgehead atoms. The number of hydrogen-bond donors (Lipinski definition) is 0. The second-order valence-corrected chi connectivity index (χ2v) is 6.73. The fourth-order valence-electron chi connectivity index (χ4n) is 2.60. The van der Waals surface area contributed by atoms with Gasteiger partial charge in [0.15, 0.2) is 18.1 Å². The number of anilines is 1. The predicted octanol–water partition coefficient (Wildman–Crippen LogP) is 4.38. The normalized spacial score (nSPS) is 10.3. The Morgan fingerprint density at radius 1 is 0.926 bits per heavy atom. The number of rotatable bonds is 8. The van der Waals surface area contributed by atoms with Crippen LogP contribution in [0.1, 0.15) is 4.88 Å². The number of methoxy groups -OCH3 is 2. The Kier molecular flexibility index (Phi) is 6.33. The molecular formula is C21H21NO4S. The van der Waals surface area contributed by atoms with Crippen LogP contribution in [0.4, 0.5) is 5.69 Å². The zero-order chi connectivity index (χ0) is 19.1. The van der Waals surface area contributed by atoms with Crippen LogP contribution in [0.15, 0.2) is 66.0 Å². The van der Waals surface area contributed by atoms with Gasteiger partial charge < -0.3 is 19.1 Å². The summed E-state index contributed by atoms with van der Waals surface area (Å²) in [6.45, 7) is 0.399. The van der Waals surface area contributed by atoms with E-state index >= 15 is 0 Å². The first kappa shape index (κ1) is 18.8. The average Bonchev–Trinajstić information content (AvgIpc) is 3.24. The number of nitrogens with zero attached hydrogens (tertiary/aromatic N) is 1. The molecule has 5 nitrogen and oxygen atoms in total. The monoisotopic (exact) mass is 383 g/mol. The van der Waals surface area contributed by atoms with Crippen molar-refractivity contribution in [1.82, 2.24) is 0 Å². The summed E-state index contributed by atoms with van der Waals surface area (Å²) in [6.07, 6.45) is 0. The fraction of sp³-hybridized carbons (Fsp3) is 0.190. The molecule has 0 unspecified atom stereocenters. The minimum Gasteiger partial charge on any atom is -0.497 e. The number of ether oxygens (including phenoxy) is 3. The molecule has 1 amide bonds. The summed E-state index contributed by atoms with van der Waals surface area (Å²) in [7, 11) is 3.19. The van der Waals surface area contributed by atoms with Gasteiger partial charge in [0.05, 0.1) is 20.8 Å². The zero-order valence-electron chi connectivity index (χ0n) is 15.3. The van der Waals surface area contributed by atoms with E-state index in [0.717, 1.165) is 16.3 Å². The Hall–Kier alpha value is -2.99. The number of para-hydroxylation sites is 2. The molecule has 3 rings (SSSR count). The van der Waals surface area contributed by atoms with E-state index in [-0.39, 0.29) is 12.5 Å². The minimum atomic E-state index is -0.139. The molecule has 140 valence electrons. The van der Waals surface area contributed by atoms with Gasteiger partial charge in [0.25, 0.3) is 5.91 Å². The van der Waals surface area contributed by atoms with Crippen molar-refractivity contribution in [2.75, 3.05) is 25.7 Å². The molecule has 0 saturated heterocycles. The van der Waals surface area contributed by atoms with Gasteiger partial charge in [-0.3, -0.25) is 4.79 Å². The Morgan fingerprint density at radius 3 is 2.30 bits per heavy atom. The summed E-state index contributed by atoms with van der Waals surface area (Å²) < 4.78 is 16.2. The molecule has 0 aliphatic heterocycles. The van der Waals surface area contributed by atoms with Crippen LogP contribution in [-0.2, 0) is 11.3 Å². The molecule has 0 spiro atoms. The van der Waals surface area contributed by atoms with Gasteiger partial charge in [0.2, 0.25) is 0 Å². The van der Waals surface area contributed by atoms with E-state index < -0.39 is 0 Å². The lowest BCUT2D eigenvalue weighted by molar-refractivity contribution is -0.120. The van der Waals surface area contributed by atoms with Crippen LogP contribution in [0.3, 0.4) is 0 Å². The smallest absolute Gasteiger partial charge is 0.265 e. The van der Waals surface area contributed by atoms with Crippen molar-refractivity contribution < 1.29 is 19.0 Å². The second kappa shape index (κ2) is 9.09. The van der Waals surface area contributed by atoms with Gasteiger partial charge in [-0.1, -0.05) is 18.2 Å². The molecule has 0 aliphatic carbocycles. The maximum absolute atomic E-state index is 12.9. The van der Waals surface area contributed by atoms with Crippen LogP contribution in [0.2, 0.25) is 0 Å². The van der Waals surface area contributed by atoms with E-state index in [1.54, 1.807) is 42.6 Å². The van der Waals surface area contributed by atoms with Crippen LogP contribution in [-0.4, -0.2) is 26.7 Å². The van der Waals surface area contributed by atoms with Gasteiger partial charge in [0.1, 0.15) is 5.75 Å². The molecular weight excluding hydrogens is 362 g/mol. The Bertz CT molecular complexity index is 862. The van der Waals surface area contributed by atoms with E-state index in [9.17, 15) is 4.79 Å². The lowest BCUT2D eigenvalue weighted by Gasteiger charge is -2.23. The third-order valence-electron chi connectivity index (χ3n) is 4.00. The number of hydrogen-bond acceptors (Lipinski definition) is 5. The van der Waals surface area contributed by atoms with Crippen LogP contribution < -0.4 is 19.1 Å². The first-order valence-corrected chi connectivity index (χ1v) is 9.32. The molecule has 0 radical (unpaired) electrons. The highest BCUT2D eigenvalue weighted by molar-refractivity contribution is 7.09. The van der Waals surface area contributed by atoms with E-state index in [1.165, 1.54) is 0 Å². The number of carbonyl (C=O) groups is 1. The minimum absolute atomic E-state index is 0.0855. The van der Waals surface area contributed by atoms with Gasteiger partial charge in [0, 0.05) is 10.6 Å². The highest BCUT2D eigenvalue weighted by atomic mass is 32.1. The van der Waals surface area contributed by atoms with Crippen molar-refractivity contribution in [2.24, 2.45) is 0 Å². The highest BCUT2D eigenvalue weighted by Gasteiger charge is 2.18. The molecule has 1 heterocycles. The van der Waals surface area contributed by atoms with E-state index in [4.69, 9.17) is 14.2 Å². The summed E-state index contributed by atoms with van der Waals surface area (Å²) in [5, 5.41) is 2.00. The van der Waals surface area contributed by atoms with Gasteiger partial charge in [-0.05, 0) is 47.8 Å². The lowest BCUT2D eigenvalue weighted by atomic mass is 10.2. The molecule has 3 aromatic rings. The number of carbonyl (C=O) groups excluding carboxylic acids is 1. The van der Waals surface area contributed by atoms with Gasteiger partial charge in [-0.15, -0.1) is 11.3 Å². The summed E-state index contributed by atoms with van der Waals surface area (Å²) in [5.74, 6) is 1.74. The maximum Gasteiger partial charge on any atom is 0.265 e. The molecule has 27 heavy (non-hydrogen) atoms. The van der Waals surface area contributed by atoms with Crippen molar-refractivity contribution in [3.8, 4) is 17.2 Å². The van der Waals surface area contributed by atoms with Crippen LogP contribution in [0, 0.1) is 0 Å². The molecule has 6 heteroatoms. The molecule has 0 aliphatic rings. The number of benzene rings is 2. The topological polar surface area (TPSA) is 48.0 Å². The predicted molar refractivity (Wildman–Crippen MR) is 107 cm³/mol. The lowest BCUT2D eigenvalue weighted by Crippen LogP contribution is -2.34. The molecule has 0 fully saturated rings. The van der Waals surface area contributed by atoms with Crippen LogP contribution in [0.25, 0.3) is 0 Å². The standard InChI is InChI=1S/C21H21NO4S/c1-24-17-11-9-16(10-12-17)22(14-18-6-5-13-27-18)21(23)15-26-20-8-4-3-7-19(20)25-2/h3-13H,14-15H2,1-2H3. The van der Waals surface area contributed by atoms with Crippen molar-refractivity contribution >= 4 is 22.9 Å². The maximum atomic E-state index is 12.9.